The largest absolute Gasteiger partial charge is 0.432 e. The van der Waals surface area contributed by atoms with E-state index in [0.29, 0.717) is 5.76 Å². The molecule has 2 nitrogen and oxygen atoms in total. The van der Waals surface area contributed by atoms with Gasteiger partial charge in [0.15, 0.2) is 0 Å². The maximum absolute atomic E-state index is 10.4. The van der Waals surface area contributed by atoms with Gasteiger partial charge in [0.25, 0.3) is 0 Å². The van der Waals surface area contributed by atoms with Gasteiger partial charge in [0.2, 0.25) is 0 Å². The molecular weight excluding hydrogens is 152 g/mol. The Morgan fingerprint density at radius 2 is 1.92 bits per heavy atom. The van der Waals surface area contributed by atoms with Crippen LogP contribution in [0.15, 0.2) is 36.1 Å². The van der Waals surface area contributed by atoms with Crippen LogP contribution in [0.5, 0.6) is 0 Å². The van der Waals surface area contributed by atoms with Gasteiger partial charge < -0.3 is 4.74 Å². The topological polar surface area (TPSA) is 26.3 Å². The molecule has 0 aromatic carbocycles. The van der Waals surface area contributed by atoms with E-state index >= 15 is 0 Å². The van der Waals surface area contributed by atoms with Crippen LogP contribution in [-0.4, -0.2) is 5.97 Å². The summed E-state index contributed by atoms with van der Waals surface area (Å²) in [5.74, 6) is 0.285. The molecule has 0 aliphatic carbocycles. The molecule has 0 aromatic heterocycles. The summed E-state index contributed by atoms with van der Waals surface area (Å²) in [6, 6.07) is 0. The van der Waals surface area contributed by atoms with Crippen molar-refractivity contribution in [3.05, 3.63) is 36.1 Å². The molecule has 0 unspecified atom stereocenters. The van der Waals surface area contributed by atoms with Crippen LogP contribution in [0, 0.1) is 0 Å². The lowest BCUT2D eigenvalue weighted by molar-refractivity contribution is -0.136. The van der Waals surface area contributed by atoms with Crippen molar-refractivity contribution in [2.45, 2.75) is 20.8 Å². The molecule has 12 heavy (non-hydrogen) atoms. The molecule has 0 aliphatic rings. The van der Waals surface area contributed by atoms with Gasteiger partial charge in [-0.05, 0) is 19.9 Å². The summed E-state index contributed by atoms with van der Waals surface area (Å²) < 4.78 is 4.77. The van der Waals surface area contributed by atoms with E-state index in [-0.39, 0.29) is 5.97 Å². The third-order valence-corrected chi connectivity index (χ3v) is 1.02. The molecule has 0 amide bonds. The van der Waals surface area contributed by atoms with E-state index in [1.807, 2.05) is 13.0 Å². The van der Waals surface area contributed by atoms with Gasteiger partial charge in [0, 0.05) is 6.92 Å². The number of rotatable bonds is 3. The lowest BCUT2D eigenvalue weighted by atomic mass is 10.3. The average molecular weight is 166 g/mol. The SMILES string of the molecule is C=C(C)/C=C/C=C(/C)OC(C)=O. The van der Waals surface area contributed by atoms with E-state index in [9.17, 15) is 4.79 Å². The summed E-state index contributed by atoms with van der Waals surface area (Å²) in [5.41, 5.74) is 0.960. The number of allylic oxidation sites excluding steroid dienone is 5. The van der Waals surface area contributed by atoms with E-state index < -0.39 is 0 Å². The molecule has 0 bridgehead atoms. The Labute approximate surface area is 73.2 Å². The van der Waals surface area contributed by atoms with Crippen LogP contribution in [0.2, 0.25) is 0 Å². The van der Waals surface area contributed by atoms with Gasteiger partial charge in [0.1, 0.15) is 5.76 Å². The van der Waals surface area contributed by atoms with Gasteiger partial charge in [-0.25, -0.2) is 0 Å². The van der Waals surface area contributed by atoms with Gasteiger partial charge in [-0.1, -0.05) is 24.3 Å². The van der Waals surface area contributed by atoms with Gasteiger partial charge in [0.05, 0.1) is 0 Å². The molecule has 66 valence electrons. The smallest absolute Gasteiger partial charge is 0.307 e. The fourth-order valence-electron chi connectivity index (χ4n) is 0.609. The van der Waals surface area contributed by atoms with Crippen molar-refractivity contribution in [2.75, 3.05) is 0 Å². The molecule has 0 rings (SSSR count). The minimum atomic E-state index is -0.299. The van der Waals surface area contributed by atoms with Crippen molar-refractivity contribution in [1.82, 2.24) is 0 Å². The highest BCUT2D eigenvalue weighted by Crippen LogP contribution is 1.97. The third-order valence-electron chi connectivity index (χ3n) is 1.02. The second kappa shape index (κ2) is 5.35. The number of hydrogen-bond acceptors (Lipinski definition) is 2. The Bertz CT molecular complexity index is 234. The first-order valence-corrected chi connectivity index (χ1v) is 3.71. The number of ether oxygens (including phenoxy) is 1. The molecule has 0 aliphatic heterocycles. The molecule has 0 radical (unpaired) electrons. The second-order valence-corrected chi connectivity index (χ2v) is 2.58. The fraction of sp³-hybridized carbons (Fsp3) is 0.300. The first kappa shape index (κ1) is 10.7. The maximum Gasteiger partial charge on any atom is 0.307 e. The van der Waals surface area contributed by atoms with Gasteiger partial charge in [-0.2, -0.15) is 0 Å². The van der Waals surface area contributed by atoms with Crippen molar-refractivity contribution in [1.29, 1.82) is 0 Å². The molecule has 0 saturated heterocycles. The predicted molar refractivity (Wildman–Crippen MR) is 49.5 cm³/mol. The van der Waals surface area contributed by atoms with E-state index in [4.69, 9.17) is 4.74 Å². The van der Waals surface area contributed by atoms with E-state index in [1.165, 1.54) is 6.92 Å². The quantitative estimate of drug-likeness (QED) is 0.366. The van der Waals surface area contributed by atoms with Crippen molar-refractivity contribution in [2.24, 2.45) is 0 Å². The molecule has 0 spiro atoms. The summed E-state index contributed by atoms with van der Waals surface area (Å²) >= 11 is 0. The van der Waals surface area contributed by atoms with Crippen molar-refractivity contribution in [3.63, 3.8) is 0 Å². The summed E-state index contributed by atoms with van der Waals surface area (Å²) in [5, 5.41) is 0. The first-order chi connectivity index (χ1) is 5.52. The van der Waals surface area contributed by atoms with Crippen LogP contribution in [-0.2, 0) is 9.53 Å². The van der Waals surface area contributed by atoms with Crippen LogP contribution < -0.4 is 0 Å². The zero-order valence-corrected chi connectivity index (χ0v) is 7.76. The highest BCUT2D eigenvalue weighted by molar-refractivity contribution is 5.67. The summed E-state index contributed by atoms with van der Waals surface area (Å²) in [6.45, 7) is 8.68. The summed E-state index contributed by atoms with van der Waals surface area (Å²) in [6.07, 6.45) is 5.35. The lowest BCUT2D eigenvalue weighted by Crippen LogP contribution is -1.94. The number of esters is 1. The zero-order valence-electron chi connectivity index (χ0n) is 7.76. The zero-order chi connectivity index (χ0) is 9.56. The highest BCUT2D eigenvalue weighted by Gasteiger charge is 1.91. The molecule has 0 saturated carbocycles. The van der Waals surface area contributed by atoms with E-state index in [2.05, 4.69) is 6.58 Å². The molecule has 0 heterocycles. The second-order valence-electron chi connectivity index (χ2n) is 2.58. The van der Waals surface area contributed by atoms with Crippen molar-refractivity contribution < 1.29 is 9.53 Å². The molecule has 0 aromatic rings. The number of carbonyl (C=O) groups excluding carboxylic acids is 1. The van der Waals surface area contributed by atoms with Gasteiger partial charge >= 0.3 is 5.97 Å². The Morgan fingerprint density at radius 1 is 1.33 bits per heavy atom. The lowest BCUT2D eigenvalue weighted by Gasteiger charge is -1.97. The molecular formula is C10H14O2. The Balaban J connectivity index is 4.00. The summed E-state index contributed by atoms with van der Waals surface area (Å²) in [7, 11) is 0. The molecule has 0 atom stereocenters. The summed E-state index contributed by atoms with van der Waals surface area (Å²) in [4.78, 5) is 10.4. The number of hydrogen-bond donors (Lipinski definition) is 0. The Hall–Kier alpha value is -1.31. The van der Waals surface area contributed by atoms with E-state index in [0.717, 1.165) is 5.57 Å². The maximum atomic E-state index is 10.4. The van der Waals surface area contributed by atoms with Crippen LogP contribution >= 0.6 is 0 Å². The Morgan fingerprint density at radius 3 is 2.33 bits per heavy atom. The highest BCUT2D eigenvalue weighted by atomic mass is 16.5. The Kier molecular flexibility index (Phi) is 4.77. The van der Waals surface area contributed by atoms with Gasteiger partial charge in [-0.15, -0.1) is 0 Å². The standard InChI is InChI=1S/C10H14O2/c1-8(2)6-5-7-9(3)12-10(4)11/h5-7H,1H2,2-4H3/b6-5+,9-7-. The molecule has 0 fully saturated rings. The normalized spacial score (nSPS) is 11.8. The third kappa shape index (κ3) is 6.81. The average Bonchev–Trinajstić information content (AvgIpc) is 1.84. The minimum Gasteiger partial charge on any atom is -0.432 e. The minimum absolute atomic E-state index is 0.299. The van der Waals surface area contributed by atoms with Crippen LogP contribution in [0.25, 0.3) is 0 Å². The van der Waals surface area contributed by atoms with E-state index in [1.54, 1.807) is 19.1 Å². The van der Waals surface area contributed by atoms with Crippen LogP contribution in [0.3, 0.4) is 0 Å². The van der Waals surface area contributed by atoms with Gasteiger partial charge in [-0.3, -0.25) is 4.79 Å². The molecule has 0 N–H and O–H groups in total. The predicted octanol–water partition coefficient (Wildman–Crippen LogP) is 2.59. The molecule has 2 heteroatoms. The first-order valence-electron chi connectivity index (χ1n) is 3.71. The van der Waals surface area contributed by atoms with Crippen molar-refractivity contribution in [3.8, 4) is 0 Å². The fourth-order valence-corrected chi connectivity index (χ4v) is 0.609. The number of carbonyl (C=O) groups is 1. The van der Waals surface area contributed by atoms with Crippen molar-refractivity contribution >= 4 is 5.97 Å². The van der Waals surface area contributed by atoms with Crippen LogP contribution in [0.1, 0.15) is 20.8 Å². The van der Waals surface area contributed by atoms with Crippen LogP contribution in [0.4, 0.5) is 0 Å². The monoisotopic (exact) mass is 166 g/mol.